The number of nitrogens with one attached hydrogen (secondary N) is 1. The molecule has 0 aliphatic carbocycles. The van der Waals surface area contributed by atoms with Gasteiger partial charge in [0.25, 0.3) is 0 Å². The number of fused-ring (bicyclic) bond motifs is 1. The van der Waals surface area contributed by atoms with Crippen LogP contribution in [0.25, 0.3) is 11.0 Å². The van der Waals surface area contributed by atoms with Crippen LogP contribution in [0.2, 0.25) is 0 Å². The first kappa shape index (κ1) is 17.5. The Morgan fingerprint density at radius 3 is 1.78 bits per heavy atom. The average Bonchev–Trinajstić information content (AvgIpc) is 3.17. The Bertz CT molecular complexity index is 1060. The van der Waals surface area contributed by atoms with Gasteiger partial charge >= 0.3 is 0 Å². The van der Waals surface area contributed by atoms with Crippen molar-refractivity contribution in [2.75, 3.05) is 0 Å². The lowest BCUT2D eigenvalue weighted by molar-refractivity contribution is 0.582. The smallest absolute Gasteiger partial charge is 0.117 e. The standard InChI is InChI=1S/C24H25N3/c1-23(2,17-11-7-5-8-12-17)19-15-16-20-22(26-27-25-20)21(19)24(3,4)18-13-9-6-10-14-18/h5-16H,1-4H3,(H,25,26,27). The van der Waals surface area contributed by atoms with Crippen molar-refractivity contribution in [3.63, 3.8) is 0 Å². The summed E-state index contributed by atoms with van der Waals surface area (Å²) in [5.74, 6) is 0. The number of hydrogen-bond acceptors (Lipinski definition) is 2. The van der Waals surface area contributed by atoms with Crippen molar-refractivity contribution in [1.29, 1.82) is 0 Å². The predicted octanol–water partition coefficient (Wildman–Crippen LogP) is 5.61. The predicted molar refractivity (Wildman–Crippen MR) is 111 cm³/mol. The van der Waals surface area contributed by atoms with Crippen LogP contribution in [0.15, 0.2) is 72.8 Å². The van der Waals surface area contributed by atoms with E-state index in [1.54, 1.807) is 0 Å². The third kappa shape index (κ3) is 2.84. The number of aromatic amines is 1. The van der Waals surface area contributed by atoms with Crippen molar-refractivity contribution < 1.29 is 0 Å². The van der Waals surface area contributed by atoms with E-state index in [1.807, 2.05) is 0 Å². The molecular formula is C24H25N3. The van der Waals surface area contributed by atoms with E-state index >= 15 is 0 Å². The van der Waals surface area contributed by atoms with Gasteiger partial charge in [0.05, 0.1) is 0 Å². The Kier molecular flexibility index (Phi) is 4.11. The van der Waals surface area contributed by atoms with E-state index in [1.165, 1.54) is 22.3 Å². The summed E-state index contributed by atoms with van der Waals surface area (Å²) in [6, 6.07) is 25.6. The van der Waals surface area contributed by atoms with Crippen molar-refractivity contribution in [1.82, 2.24) is 15.4 Å². The molecule has 1 heterocycles. The second-order valence-electron chi connectivity index (χ2n) is 8.16. The molecule has 4 rings (SSSR count). The van der Waals surface area contributed by atoms with Crippen molar-refractivity contribution in [3.8, 4) is 0 Å². The number of hydrogen-bond donors (Lipinski definition) is 1. The van der Waals surface area contributed by atoms with Gasteiger partial charge in [-0.1, -0.05) is 94.4 Å². The van der Waals surface area contributed by atoms with Crippen LogP contribution in [0.4, 0.5) is 0 Å². The lowest BCUT2D eigenvalue weighted by Gasteiger charge is -2.35. The first-order valence-corrected chi connectivity index (χ1v) is 9.38. The molecule has 0 unspecified atom stereocenters. The van der Waals surface area contributed by atoms with Crippen LogP contribution in [-0.4, -0.2) is 15.4 Å². The molecule has 0 fully saturated rings. The van der Waals surface area contributed by atoms with Crippen molar-refractivity contribution in [3.05, 3.63) is 95.1 Å². The van der Waals surface area contributed by atoms with Crippen LogP contribution in [0.5, 0.6) is 0 Å². The molecule has 3 heteroatoms. The van der Waals surface area contributed by atoms with E-state index in [4.69, 9.17) is 0 Å². The highest BCUT2D eigenvalue weighted by atomic mass is 15.3. The SMILES string of the molecule is CC(C)(c1ccccc1)c1ccc2n[nH]nc2c1C(C)(C)c1ccccc1. The van der Waals surface area contributed by atoms with E-state index in [2.05, 4.69) is 116 Å². The molecule has 0 atom stereocenters. The maximum atomic E-state index is 4.54. The minimum atomic E-state index is -0.209. The largest absolute Gasteiger partial charge is 0.197 e. The molecular weight excluding hydrogens is 330 g/mol. The van der Waals surface area contributed by atoms with Crippen LogP contribution < -0.4 is 0 Å². The maximum absolute atomic E-state index is 4.54. The molecule has 0 amide bonds. The summed E-state index contributed by atoms with van der Waals surface area (Å²) in [5, 5.41) is 11.7. The van der Waals surface area contributed by atoms with E-state index in [0.717, 1.165) is 11.0 Å². The monoisotopic (exact) mass is 355 g/mol. The van der Waals surface area contributed by atoms with Gasteiger partial charge in [-0.25, -0.2) is 0 Å². The third-order valence-electron chi connectivity index (χ3n) is 5.78. The zero-order valence-electron chi connectivity index (χ0n) is 16.3. The van der Waals surface area contributed by atoms with Crippen molar-refractivity contribution in [2.24, 2.45) is 0 Å². The summed E-state index contributed by atoms with van der Waals surface area (Å²) >= 11 is 0. The molecule has 1 aromatic heterocycles. The van der Waals surface area contributed by atoms with E-state index in [9.17, 15) is 0 Å². The summed E-state index contributed by atoms with van der Waals surface area (Å²) in [4.78, 5) is 0. The van der Waals surface area contributed by atoms with E-state index < -0.39 is 0 Å². The Morgan fingerprint density at radius 1 is 0.630 bits per heavy atom. The summed E-state index contributed by atoms with van der Waals surface area (Å²) in [6.45, 7) is 9.12. The topological polar surface area (TPSA) is 41.6 Å². The highest BCUT2D eigenvalue weighted by molar-refractivity contribution is 5.82. The molecule has 136 valence electrons. The van der Waals surface area contributed by atoms with Gasteiger partial charge < -0.3 is 0 Å². The summed E-state index contributed by atoms with van der Waals surface area (Å²) in [6.07, 6.45) is 0. The number of nitrogens with zero attached hydrogens (tertiary/aromatic N) is 2. The molecule has 1 N–H and O–H groups in total. The maximum Gasteiger partial charge on any atom is 0.117 e. The summed E-state index contributed by atoms with van der Waals surface area (Å²) in [5.41, 5.74) is 6.56. The zero-order valence-corrected chi connectivity index (χ0v) is 16.3. The lowest BCUT2D eigenvalue weighted by Crippen LogP contribution is -2.28. The molecule has 3 aromatic carbocycles. The molecule has 4 aromatic rings. The summed E-state index contributed by atoms with van der Waals surface area (Å²) < 4.78 is 0. The molecule has 0 aliphatic heterocycles. The third-order valence-corrected chi connectivity index (χ3v) is 5.78. The number of rotatable bonds is 4. The Morgan fingerprint density at radius 2 is 1.19 bits per heavy atom. The van der Waals surface area contributed by atoms with Gasteiger partial charge in [0, 0.05) is 10.8 Å². The molecule has 0 saturated carbocycles. The first-order chi connectivity index (χ1) is 12.9. The van der Waals surface area contributed by atoms with Crippen LogP contribution in [-0.2, 0) is 10.8 Å². The highest BCUT2D eigenvalue weighted by Gasteiger charge is 2.35. The lowest BCUT2D eigenvalue weighted by atomic mass is 9.68. The van der Waals surface area contributed by atoms with Crippen LogP contribution >= 0.6 is 0 Å². The number of H-pyrrole nitrogens is 1. The van der Waals surface area contributed by atoms with Gasteiger partial charge in [-0.15, -0.1) is 0 Å². The molecule has 0 radical (unpaired) electrons. The quantitative estimate of drug-likeness (QED) is 0.517. The Hall–Kier alpha value is -2.94. The van der Waals surface area contributed by atoms with Crippen LogP contribution in [0, 0.1) is 0 Å². The van der Waals surface area contributed by atoms with Gasteiger partial charge in [-0.05, 0) is 28.3 Å². The molecule has 0 saturated heterocycles. The fourth-order valence-corrected chi connectivity index (χ4v) is 4.08. The molecule has 0 aliphatic rings. The van der Waals surface area contributed by atoms with Gasteiger partial charge in [-0.2, -0.15) is 15.4 Å². The molecule has 27 heavy (non-hydrogen) atoms. The van der Waals surface area contributed by atoms with E-state index in [-0.39, 0.29) is 10.8 Å². The summed E-state index contributed by atoms with van der Waals surface area (Å²) in [7, 11) is 0. The van der Waals surface area contributed by atoms with Gasteiger partial charge in [0.15, 0.2) is 0 Å². The van der Waals surface area contributed by atoms with E-state index in [0.29, 0.717) is 0 Å². The van der Waals surface area contributed by atoms with Gasteiger partial charge in [-0.3, -0.25) is 0 Å². The fourth-order valence-electron chi connectivity index (χ4n) is 4.08. The van der Waals surface area contributed by atoms with Crippen molar-refractivity contribution >= 4 is 11.0 Å². The molecule has 3 nitrogen and oxygen atoms in total. The highest BCUT2D eigenvalue weighted by Crippen LogP contribution is 2.43. The van der Waals surface area contributed by atoms with Crippen molar-refractivity contribution in [2.45, 2.75) is 38.5 Å². The minimum absolute atomic E-state index is 0.157. The van der Waals surface area contributed by atoms with Gasteiger partial charge in [0.2, 0.25) is 0 Å². The number of benzene rings is 3. The number of aromatic nitrogens is 3. The first-order valence-electron chi connectivity index (χ1n) is 9.38. The van der Waals surface area contributed by atoms with Gasteiger partial charge in [0.1, 0.15) is 11.0 Å². The van der Waals surface area contributed by atoms with Crippen LogP contribution in [0.3, 0.4) is 0 Å². The fraction of sp³-hybridized carbons (Fsp3) is 0.250. The normalized spacial score (nSPS) is 12.4. The second kappa shape index (κ2) is 6.34. The molecule has 0 bridgehead atoms. The Balaban J connectivity index is 2.02. The minimum Gasteiger partial charge on any atom is -0.197 e. The second-order valence-corrected chi connectivity index (χ2v) is 8.16. The Labute approximate surface area is 160 Å². The zero-order chi connectivity index (χ0) is 19.1. The average molecular weight is 355 g/mol. The van der Waals surface area contributed by atoms with Crippen LogP contribution in [0.1, 0.15) is 49.9 Å². The molecule has 0 spiro atoms.